The van der Waals surface area contributed by atoms with Crippen LogP contribution in [-0.2, 0) is 18.3 Å². The van der Waals surface area contributed by atoms with E-state index in [0.717, 1.165) is 0 Å². The van der Waals surface area contributed by atoms with E-state index in [-0.39, 0.29) is 6.16 Å². The molecule has 20 heavy (non-hydrogen) atoms. The first-order valence-corrected chi connectivity index (χ1v) is 8.13. The number of carbonyl (C=O) groups excluding carboxylic acids is 1. The molecular formula is C14H19O5P. The summed E-state index contributed by atoms with van der Waals surface area (Å²) in [5, 5.41) is 0. The van der Waals surface area contributed by atoms with Gasteiger partial charge in [0.05, 0.1) is 31.2 Å². The Kier molecular flexibility index (Phi) is 7.23. The molecule has 0 unspecified atom stereocenters. The second-order valence-corrected chi connectivity index (χ2v) is 5.88. The number of esters is 1. The van der Waals surface area contributed by atoms with E-state index >= 15 is 0 Å². The van der Waals surface area contributed by atoms with Gasteiger partial charge in [0.25, 0.3) is 0 Å². The molecule has 0 saturated heterocycles. The van der Waals surface area contributed by atoms with Crippen molar-refractivity contribution >= 4 is 13.6 Å². The van der Waals surface area contributed by atoms with Crippen LogP contribution in [0.25, 0.3) is 0 Å². The minimum Gasteiger partial charge on any atom is -0.431 e. The summed E-state index contributed by atoms with van der Waals surface area (Å²) >= 11 is 0. The zero-order chi connectivity index (χ0) is 14.8. The number of carbonyl (C=O) groups is 1. The molecule has 1 aromatic carbocycles. The fourth-order valence-electron chi connectivity index (χ4n) is 1.46. The van der Waals surface area contributed by atoms with Crippen molar-refractivity contribution in [3.05, 3.63) is 48.2 Å². The van der Waals surface area contributed by atoms with E-state index in [1.165, 1.54) is 12.3 Å². The van der Waals surface area contributed by atoms with Crippen LogP contribution in [0.15, 0.2) is 42.7 Å². The Labute approximate surface area is 119 Å². The molecule has 0 aliphatic heterocycles. The molecule has 0 heterocycles. The maximum Gasteiger partial charge on any atom is 0.342 e. The molecule has 110 valence electrons. The number of ether oxygens (including phenoxy) is 1. The van der Waals surface area contributed by atoms with Crippen LogP contribution in [0, 0.1) is 0 Å². The third-order valence-electron chi connectivity index (χ3n) is 2.26. The van der Waals surface area contributed by atoms with Crippen molar-refractivity contribution in [3.8, 4) is 0 Å². The summed E-state index contributed by atoms with van der Waals surface area (Å²) < 4.78 is 27.2. The van der Waals surface area contributed by atoms with Crippen molar-refractivity contribution in [2.45, 2.75) is 13.8 Å². The van der Waals surface area contributed by atoms with Crippen LogP contribution in [0.3, 0.4) is 0 Å². The van der Waals surface area contributed by atoms with E-state index in [9.17, 15) is 9.36 Å². The number of rotatable bonds is 8. The summed E-state index contributed by atoms with van der Waals surface area (Å²) in [6.07, 6.45) is 2.74. The van der Waals surface area contributed by atoms with Crippen LogP contribution in [0.2, 0.25) is 0 Å². The van der Waals surface area contributed by atoms with Crippen molar-refractivity contribution in [1.82, 2.24) is 0 Å². The number of allylic oxidation sites excluding steroid dienone is 1. The lowest BCUT2D eigenvalue weighted by atomic mass is 10.2. The summed E-state index contributed by atoms with van der Waals surface area (Å²) in [6.45, 7) is 4.08. The maximum atomic E-state index is 12.1. The number of hydrogen-bond acceptors (Lipinski definition) is 5. The molecule has 0 amide bonds. The highest BCUT2D eigenvalue weighted by Gasteiger charge is 2.21. The van der Waals surface area contributed by atoms with E-state index in [1.807, 2.05) is 6.07 Å². The molecule has 0 aliphatic rings. The minimum atomic E-state index is -3.13. The molecular weight excluding hydrogens is 279 g/mol. The Hall–Kier alpha value is -1.42. The van der Waals surface area contributed by atoms with Gasteiger partial charge in [-0.2, -0.15) is 0 Å². The first kappa shape index (κ1) is 16.6. The van der Waals surface area contributed by atoms with Gasteiger partial charge in [0.1, 0.15) is 0 Å². The lowest BCUT2D eigenvalue weighted by molar-refractivity contribution is 0.0662. The maximum absolute atomic E-state index is 12.1. The first-order valence-electron chi connectivity index (χ1n) is 6.40. The van der Waals surface area contributed by atoms with Crippen LogP contribution in [0.5, 0.6) is 0 Å². The van der Waals surface area contributed by atoms with Crippen LogP contribution < -0.4 is 0 Å². The molecule has 0 aromatic heterocycles. The van der Waals surface area contributed by atoms with E-state index in [0.29, 0.717) is 18.8 Å². The van der Waals surface area contributed by atoms with Crippen molar-refractivity contribution in [1.29, 1.82) is 0 Å². The zero-order valence-electron chi connectivity index (χ0n) is 11.7. The fraction of sp³-hybridized carbons (Fsp3) is 0.357. The van der Waals surface area contributed by atoms with Crippen LogP contribution in [0.1, 0.15) is 24.2 Å². The molecule has 1 rings (SSSR count). The highest BCUT2D eigenvalue weighted by atomic mass is 31.2. The Balaban J connectivity index is 2.48. The predicted molar refractivity (Wildman–Crippen MR) is 76.7 cm³/mol. The molecule has 6 heteroatoms. The number of benzene rings is 1. The number of hydrogen-bond donors (Lipinski definition) is 0. The highest BCUT2D eigenvalue weighted by Crippen LogP contribution is 2.47. The van der Waals surface area contributed by atoms with E-state index in [4.69, 9.17) is 13.8 Å². The van der Waals surface area contributed by atoms with Gasteiger partial charge in [0.2, 0.25) is 0 Å². The van der Waals surface area contributed by atoms with Gasteiger partial charge in [0, 0.05) is 0 Å². The normalized spacial score (nSPS) is 11.7. The Morgan fingerprint density at radius 2 is 1.75 bits per heavy atom. The molecule has 0 N–H and O–H groups in total. The smallest absolute Gasteiger partial charge is 0.342 e. The minimum absolute atomic E-state index is 0.0662. The highest BCUT2D eigenvalue weighted by molar-refractivity contribution is 7.54. The van der Waals surface area contributed by atoms with Crippen molar-refractivity contribution in [3.63, 3.8) is 0 Å². The summed E-state index contributed by atoms with van der Waals surface area (Å²) in [4.78, 5) is 11.6. The Morgan fingerprint density at radius 3 is 2.30 bits per heavy atom. The van der Waals surface area contributed by atoms with Gasteiger partial charge in [-0.15, -0.1) is 0 Å². The zero-order valence-corrected chi connectivity index (χ0v) is 12.5. The van der Waals surface area contributed by atoms with Gasteiger partial charge < -0.3 is 13.8 Å². The lowest BCUT2D eigenvalue weighted by Gasteiger charge is -2.14. The van der Waals surface area contributed by atoms with Gasteiger partial charge in [-0.3, -0.25) is 4.57 Å². The van der Waals surface area contributed by atoms with Crippen LogP contribution >= 0.6 is 7.60 Å². The SMILES string of the molecule is CCOP(=O)(CC=COC(=O)c1ccccc1)OCC. The average Bonchev–Trinajstić information content (AvgIpc) is 2.45. The molecule has 0 bridgehead atoms. The average molecular weight is 298 g/mol. The summed E-state index contributed by atoms with van der Waals surface area (Å²) in [5.74, 6) is -0.468. The monoisotopic (exact) mass is 298 g/mol. The molecule has 0 atom stereocenters. The quantitative estimate of drug-likeness (QED) is 0.416. The molecule has 0 radical (unpaired) electrons. The Bertz CT molecular complexity index is 474. The van der Waals surface area contributed by atoms with Gasteiger partial charge in [-0.05, 0) is 32.1 Å². The largest absolute Gasteiger partial charge is 0.431 e. The van der Waals surface area contributed by atoms with Crippen molar-refractivity contribution in [2.24, 2.45) is 0 Å². The molecule has 0 fully saturated rings. The van der Waals surface area contributed by atoms with Gasteiger partial charge in [-0.1, -0.05) is 18.2 Å². The summed E-state index contributed by atoms with van der Waals surface area (Å²) in [5.41, 5.74) is 0.454. The van der Waals surface area contributed by atoms with E-state index in [2.05, 4.69) is 0 Å². The third-order valence-corrected chi connectivity index (χ3v) is 4.22. The Morgan fingerprint density at radius 1 is 1.15 bits per heavy atom. The molecule has 1 aromatic rings. The summed E-state index contributed by atoms with van der Waals surface area (Å²) in [7, 11) is -3.13. The van der Waals surface area contributed by atoms with E-state index < -0.39 is 13.6 Å². The van der Waals surface area contributed by atoms with Crippen LogP contribution in [0.4, 0.5) is 0 Å². The second kappa shape index (κ2) is 8.69. The second-order valence-electron chi connectivity index (χ2n) is 3.77. The van der Waals surface area contributed by atoms with Gasteiger partial charge >= 0.3 is 13.6 Å². The van der Waals surface area contributed by atoms with Crippen LogP contribution in [-0.4, -0.2) is 25.3 Å². The molecule has 0 aliphatic carbocycles. The van der Waals surface area contributed by atoms with Gasteiger partial charge in [0.15, 0.2) is 0 Å². The fourth-order valence-corrected chi connectivity index (χ4v) is 2.88. The van der Waals surface area contributed by atoms with E-state index in [1.54, 1.807) is 38.1 Å². The van der Waals surface area contributed by atoms with Crippen molar-refractivity contribution < 1.29 is 23.1 Å². The topological polar surface area (TPSA) is 61.8 Å². The third kappa shape index (κ3) is 5.70. The predicted octanol–water partition coefficient (Wildman–Crippen LogP) is 3.62. The van der Waals surface area contributed by atoms with Crippen molar-refractivity contribution in [2.75, 3.05) is 19.4 Å². The van der Waals surface area contributed by atoms with Gasteiger partial charge in [-0.25, -0.2) is 4.79 Å². The molecule has 5 nitrogen and oxygen atoms in total. The first-order chi connectivity index (χ1) is 9.61. The standard InChI is InChI=1S/C14H19O5P/c1-3-18-20(16,19-4-2)12-8-11-17-14(15)13-9-6-5-7-10-13/h5-11H,3-4,12H2,1-2H3. The molecule has 0 spiro atoms. The summed E-state index contributed by atoms with van der Waals surface area (Å²) in [6, 6.07) is 8.62. The lowest BCUT2D eigenvalue weighted by Crippen LogP contribution is -2.01. The molecule has 0 saturated carbocycles.